The zero-order valence-electron chi connectivity index (χ0n) is 35.3. The third kappa shape index (κ3) is 10.1. The fourth-order valence-corrected chi connectivity index (χ4v) is 11.1. The minimum absolute atomic E-state index is 0.958. The topological polar surface area (TPSA) is 26.3 Å². The summed E-state index contributed by atoms with van der Waals surface area (Å²) < 4.78 is 13.0. The van der Waals surface area contributed by atoms with Crippen molar-refractivity contribution in [1.82, 2.24) is 0 Å². The van der Waals surface area contributed by atoms with E-state index in [0.717, 1.165) is 33.5 Å². The standard InChI is InChI=1S/C54H64O2S2/c1-3-5-7-9-11-13-15-17-19-21-23-43-27-31-53(57-43)51-37-41-33-47-39(35-49(41)55-51)25-29-46-45(47)30-26-40-36-50-42(34-48(40)46)38-52(56-50)54-32-28-44(58-54)24-22-20-18-16-14-12-10-8-6-4-2/h25-38H,3-24H2,1-2H3. The monoisotopic (exact) mass is 808 g/mol. The van der Waals surface area contributed by atoms with Gasteiger partial charge < -0.3 is 8.83 Å². The van der Waals surface area contributed by atoms with Crippen LogP contribution in [-0.2, 0) is 12.8 Å². The molecule has 8 rings (SSSR count). The normalized spacial score (nSPS) is 12.1. The average Bonchev–Trinajstić information content (AvgIpc) is 4.07. The molecule has 4 heteroatoms. The lowest BCUT2D eigenvalue weighted by Gasteiger charge is -2.08. The van der Waals surface area contributed by atoms with Crippen molar-refractivity contribution in [2.75, 3.05) is 0 Å². The van der Waals surface area contributed by atoms with Crippen LogP contribution in [0.15, 0.2) is 93.8 Å². The van der Waals surface area contributed by atoms with Gasteiger partial charge in [0.25, 0.3) is 0 Å². The largest absolute Gasteiger partial charge is 0.455 e. The number of fused-ring (bicyclic) bond motifs is 7. The first-order valence-corrected chi connectivity index (χ1v) is 24.7. The first kappa shape index (κ1) is 40.9. The second kappa shape index (κ2) is 20.4. The Balaban J connectivity index is 0.907. The smallest absolute Gasteiger partial charge is 0.145 e. The Hall–Kier alpha value is -3.86. The molecule has 0 amide bonds. The van der Waals surface area contributed by atoms with Crippen LogP contribution in [0.25, 0.3) is 75.5 Å². The van der Waals surface area contributed by atoms with Gasteiger partial charge in [0.2, 0.25) is 0 Å². The van der Waals surface area contributed by atoms with Gasteiger partial charge in [-0.2, -0.15) is 0 Å². The second-order valence-electron chi connectivity index (χ2n) is 17.1. The lowest BCUT2D eigenvalue weighted by atomic mass is 9.96. The van der Waals surface area contributed by atoms with Gasteiger partial charge in [0, 0.05) is 20.5 Å². The van der Waals surface area contributed by atoms with Crippen LogP contribution in [0, 0.1) is 0 Å². The molecular formula is C54H64O2S2. The molecule has 0 unspecified atom stereocenters. The van der Waals surface area contributed by atoms with Crippen LogP contribution in [0.1, 0.15) is 152 Å². The number of thiophene rings is 2. The lowest BCUT2D eigenvalue weighted by molar-refractivity contribution is 0.557. The van der Waals surface area contributed by atoms with E-state index in [1.807, 2.05) is 22.7 Å². The number of aryl methyl sites for hydroxylation is 2. The summed E-state index contributed by atoms with van der Waals surface area (Å²) in [4.78, 5) is 5.40. The minimum atomic E-state index is 0.958. The van der Waals surface area contributed by atoms with Crippen molar-refractivity contribution < 1.29 is 8.83 Å². The highest BCUT2D eigenvalue weighted by molar-refractivity contribution is 7.15. The minimum Gasteiger partial charge on any atom is -0.455 e. The number of furan rings is 2. The number of hydrogen-bond acceptors (Lipinski definition) is 4. The summed E-state index contributed by atoms with van der Waals surface area (Å²) in [5.41, 5.74) is 1.92. The Morgan fingerprint density at radius 2 is 0.724 bits per heavy atom. The predicted octanol–water partition coefficient (Wildman–Crippen LogP) is 19.0. The van der Waals surface area contributed by atoms with Crippen LogP contribution in [0.4, 0.5) is 0 Å². The summed E-state index contributed by atoms with van der Waals surface area (Å²) in [5, 5.41) is 9.86. The molecule has 0 saturated carbocycles. The van der Waals surface area contributed by atoms with E-state index in [0.29, 0.717) is 0 Å². The predicted molar refractivity (Wildman–Crippen MR) is 256 cm³/mol. The van der Waals surface area contributed by atoms with Gasteiger partial charge >= 0.3 is 0 Å². The molecule has 8 aromatic rings. The van der Waals surface area contributed by atoms with Crippen LogP contribution < -0.4 is 0 Å². The quantitative estimate of drug-likeness (QED) is 0.0449. The van der Waals surface area contributed by atoms with E-state index in [9.17, 15) is 0 Å². The molecule has 0 aliphatic carbocycles. The zero-order valence-corrected chi connectivity index (χ0v) is 36.9. The van der Waals surface area contributed by atoms with E-state index >= 15 is 0 Å². The van der Waals surface area contributed by atoms with Crippen molar-refractivity contribution in [3.05, 3.63) is 94.7 Å². The highest BCUT2D eigenvalue weighted by atomic mass is 32.1. The van der Waals surface area contributed by atoms with E-state index in [1.54, 1.807) is 0 Å². The molecule has 4 heterocycles. The van der Waals surface area contributed by atoms with Crippen LogP contribution in [-0.4, -0.2) is 0 Å². The van der Waals surface area contributed by atoms with Gasteiger partial charge in [0.05, 0.1) is 9.75 Å². The maximum Gasteiger partial charge on any atom is 0.145 e. The first-order valence-electron chi connectivity index (χ1n) is 23.1. The van der Waals surface area contributed by atoms with Crippen LogP contribution in [0.3, 0.4) is 0 Å². The summed E-state index contributed by atoms with van der Waals surface area (Å²) >= 11 is 3.80. The lowest BCUT2D eigenvalue weighted by Crippen LogP contribution is -1.84. The van der Waals surface area contributed by atoms with Crippen molar-refractivity contribution in [3.63, 3.8) is 0 Å². The Labute approximate surface area is 355 Å². The molecule has 2 nitrogen and oxygen atoms in total. The molecule has 4 aromatic heterocycles. The molecule has 0 fully saturated rings. The fraction of sp³-hybridized carbons (Fsp3) is 0.444. The van der Waals surface area contributed by atoms with Gasteiger partial charge in [-0.1, -0.05) is 154 Å². The Morgan fingerprint density at radius 1 is 0.345 bits per heavy atom. The van der Waals surface area contributed by atoms with Crippen molar-refractivity contribution in [2.45, 2.75) is 155 Å². The van der Waals surface area contributed by atoms with Crippen LogP contribution in [0.5, 0.6) is 0 Å². The Bertz CT molecular complexity index is 2350. The highest BCUT2D eigenvalue weighted by Gasteiger charge is 2.15. The van der Waals surface area contributed by atoms with E-state index < -0.39 is 0 Å². The highest BCUT2D eigenvalue weighted by Crippen LogP contribution is 2.40. The van der Waals surface area contributed by atoms with Gasteiger partial charge in [0.1, 0.15) is 22.7 Å². The molecule has 0 aliphatic heterocycles. The van der Waals surface area contributed by atoms with Crippen LogP contribution >= 0.6 is 22.7 Å². The maximum absolute atomic E-state index is 6.50. The summed E-state index contributed by atoms with van der Waals surface area (Å²) in [6.45, 7) is 4.59. The van der Waals surface area contributed by atoms with Crippen molar-refractivity contribution in [2.24, 2.45) is 0 Å². The molecule has 304 valence electrons. The fourth-order valence-electron chi connectivity index (χ4n) is 9.05. The van der Waals surface area contributed by atoms with Gasteiger partial charge in [-0.25, -0.2) is 0 Å². The number of benzene rings is 4. The Kier molecular flexibility index (Phi) is 14.4. The molecule has 58 heavy (non-hydrogen) atoms. The number of unbranched alkanes of at least 4 members (excludes halogenated alkanes) is 18. The van der Waals surface area contributed by atoms with E-state index in [4.69, 9.17) is 8.83 Å². The SMILES string of the molecule is CCCCCCCCCCCCc1ccc(-c2cc3cc4c(ccc5c6cc7cc(-c8ccc(CCCCCCCCCCCC)s8)oc7cc6ccc45)cc3o2)s1. The molecule has 0 N–H and O–H groups in total. The van der Waals surface area contributed by atoms with Crippen molar-refractivity contribution in [1.29, 1.82) is 0 Å². The van der Waals surface area contributed by atoms with Gasteiger partial charge in [-0.05, 0) is 119 Å². The number of rotatable bonds is 24. The summed E-state index contributed by atoms with van der Waals surface area (Å²) in [5.74, 6) is 1.96. The van der Waals surface area contributed by atoms with E-state index in [1.165, 1.54) is 193 Å². The summed E-state index contributed by atoms with van der Waals surface area (Å²) in [7, 11) is 0. The Morgan fingerprint density at radius 3 is 1.12 bits per heavy atom. The van der Waals surface area contributed by atoms with E-state index in [2.05, 4.69) is 98.8 Å². The van der Waals surface area contributed by atoms with Crippen LogP contribution in [0.2, 0.25) is 0 Å². The summed E-state index contributed by atoms with van der Waals surface area (Å²) in [6.07, 6.45) is 29.9. The number of hydrogen-bond donors (Lipinski definition) is 0. The zero-order chi connectivity index (χ0) is 39.5. The molecule has 0 bridgehead atoms. The maximum atomic E-state index is 6.50. The van der Waals surface area contributed by atoms with Gasteiger partial charge in [0.15, 0.2) is 0 Å². The second-order valence-corrected chi connectivity index (χ2v) is 19.4. The first-order chi connectivity index (χ1) is 28.7. The third-order valence-corrected chi connectivity index (χ3v) is 14.8. The summed E-state index contributed by atoms with van der Waals surface area (Å²) in [6, 6.07) is 31.9. The molecule has 0 aliphatic rings. The molecule has 0 radical (unpaired) electrons. The molecule has 4 aromatic carbocycles. The molecule has 0 saturated heterocycles. The van der Waals surface area contributed by atoms with Gasteiger partial charge in [-0.15, -0.1) is 22.7 Å². The average molecular weight is 809 g/mol. The van der Waals surface area contributed by atoms with Gasteiger partial charge in [-0.3, -0.25) is 0 Å². The molecular weight excluding hydrogens is 745 g/mol. The molecule has 0 spiro atoms. The van der Waals surface area contributed by atoms with Crippen molar-refractivity contribution >= 4 is 76.9 Å². The van der Waals surface area contributed by atoms with Crippen molar-refractivity contribution in [3.8, 4) is 21.3 Å². The third-order valence-electron chi connectivity index (χ3n) is 12.5. The molecule has 0 atom stereocenters. The van der Waals surface area contributed by atoms with E-state index in [-0.39, 0.29) is 0 Å².